The van der Waals surface area contributed by atoms with Crippen molar-refractivity contribution in [3.05, 3.63) is 22.9 Å². The summed E-state index contributed by atoms with van der Waals surface area (Å²) in [5.74, 6) is 1.26. The molecule has 0 saturated heterocycles. The summed E-state index contributed by atoms with van der Waals surface area (Å²) in [7, 11) is 0. The average molecular weight is 237 g/mol. The molecule has 0 radical (unpaired) electrons. The van der Waals surface area contributed by atoms with Crippen LogP contribution in [0.15, 0.2) is 16.5 Å². The van der Waals surface area contributed by atoms with Crippen LogP contribution in [0.1, 0.15) is 24.1 Å². The van der Waals surface area contributed by atoms with Crippen molar-refractivity contribution in [3.63, 3.8) is 0 Å². The van der Waals surface area contributed by atoms with E-state index in [9.17, 15) is 0 Å². The Kier molecular flexibility index (Phi) is 3.69. The van der Waals surface area contributed by atoms with Crippen molar-refractivity contribution in [1.29, 1.82) is 0 Å². The topological polar surface area (TPSA) is 51.0 Å². The number of aryl methyl sites for hydroxylation is 1. The van der Waals surface area contributed by atoms with Gasteiger partial charge in [-0.05, 0) is 32.0 Å². The molecule has 0 spiro atoms. The average Bonchev–Trinajstić information content (AvgIpc) is 2.87. The fraction of sp³-hybridized carbons (Fsp3) is 0.455. The van der Waals surface area contributed by atoms with Crippen molar-refractivity contribution >= 4 is 11.3 Å². The van der Waals surface area contributed by atoms with Crippen LogP contribution >= 0.6 is 11.3 Å². The lowest BCUT2D eigenvalue weighted by Gasteiger charge is -1.96. The number of nitrogens with zero attached hydrogens (tertiary/aromatic N) is 2. The fourth-order valence-electron chi connectivity index (χ4n) is 1.35. The normalized spacial score (nSPS) is 10.9. The Balaban J connectivity index is 2.02. The molecule has 4 nitrogen and oxygen atoms in total. The first-order valence-electron chi connectivity index (χ1n) is 5.39. The number of hydrogen-bond donors (Lipinski definition) is 1. The van der Waals surface area contributed by atoms with Gasteiger partial charge in [-0.25, -0.2) is 0 Å². The number of thiophene rings is 1. The van der Waals surface area contributed by atoms with Crippen molar-refractivity contribution in [1.82, 2.24) is 15.5 Å². The van der Waals surface area contributed by atoms with E-state index in [0.717, 1.165) is 17.8 Å². The van der Waals surface area contributed by atoms with Gasteiger partial charge in [-0.1, -0.05) is 6.92 Å². The lowest BCUT2D eigenvalue weighted by Crippen LogP contribution is -2.13. The minimum atomic E-state index is 0.617. The van der Waals surface area contributed by atoms with E-state index in [1.54, 1.807) is 11.3 Å². The van der Waals surface area contributed by atoms with Gasteiger partial charge in [-0.3, -0.25) is 0 Å². The quantitative estimate of drug-likeness (QED) is 0.812. The number of nitrogens with one attached hydrogen (secondary N) is 1. The van der Waals surface area contributed by atoms with Gasteiger partial charge in [0.2, 0.25) is 5.89 Å². The van der Waals surface area contributed by atoms with Gasteiger partial charge in [0.1, 0.15) is 0 Å². The second kappa shape index (κ2) is 5.23. The summed E-state index contributed by atoms with van der Waals surface area (Å²) in [5.41, 5.74) is 0. The minimum absolute atomic E-state index is 0.617. The number of hydrogen-bond acceptors (Lipinski definition) is 5. The highest BCUT2D eigenvalue weighted by atomic mass is 32.1. The van der Waals surface area contributed by atoms with E-state index in [2.05, 4.69) is 35.4 Å². The van der Waals surface area contributed by atoms with Gasteiger partial charge < -0.3 is 9.73 Å². The summed E-state index contributed by atoms with van der Waals surface area (Å²) in [6.45, 7) is 5.80. The van der Waals surface area contributed by atoms with Crippen LogP contribution in [0.2, 0.25) is 0 Å². The maximum absolute atomic E-state index is 5.56. The maximum Gasteiger partial charge on any atom is 0.257 e. The van der Waals surface area contributed by atoms with Crippen LogP contribution < -0.4 is 5.32 Å². The molecule has 0 aromatic carbocycles. The second-order valence-corrected chi connectivity index (χ2v) is 4.88. The standard InChI is InChI=1S/C11H15N3OS/c1-3-6-12-7-10-13-14-11(15-10)9-5-4-8(2)16-9/h4-5,12H,3,6-7H2,1-2H3. The first kappa shape index (κ1) is 11.3. The highest BCUT2D eigenvalue weighted by molar-refractivity contribution is 7.15. The molecule has 0 aliphatic heterocycles. The van der Waals surface area contributed by atoms with Gasteiger partial charge in [-0.2, -0.15) is 0 Å². The highest BCUT2D eigenvalue weighted by Gasteiger charge is 2.09. The molecule has 2 aromatic rings. The van der Waals surface area contributed by atoms with Gasteiger partial charge in [0.15, 0.2) is 0 Å². The van der Waals surface area contributed by atoms with Crippen LogP contribution in [0, 0.1) is 6.92 Å². The Morgan fingerprint density at radius 1 is 1.38 bits per heavy atom. The fourth-order valence-corrected chi connectivity index (χ4v) is 2.14. The zero-order chi connectivity index (χ0) is 11.4. The molecule has 0 fully saturated rings. The van der Waals surface area contributed by atoms with Crippen LogP contribution in [0.3, 0.4) is 0 Å². The Morgan fingerprint density at radius 3 is 2.94 bits per heavy atom. The Hall–Kier alpha value is -1.20. The van der Waals surface area contributed by atoms with Crippen molar-refractivity contribution in [2.24, 2.45) is 0 Å². The van der Waals surface area contributed by atoms with Gasteiger partial charge in [-0.15, -0.1) is 21.5 Å². The van der Waals surface area contributed by atoms with Crippen LogP contribution in [0.25, 0.3) is 10.8 Å². The van der Waals surface area contributed by atoms with Crippen molar-refractivity contribution < 1.29 is 4.42 Å². The second-order valence-electron chi connectivity index (χ2n) is 3.59. The minimum Gasteiger partial charge on any atom is -0.419 e. The SMILES string of the molecule is CCCNCc1nnc(-c2ccc(C)s2)o1. The van der Waals surface area contributed by atoms with Crippen LogP contribution in [-0.4, -0.2) is 16.7 Å². The highest BCUT2D eigenvalue weighted by Crippen LogP contribution is 2.26. The molecular weight excluding hydrogens is 222 g/mol. The number of aromatic nitrogens is 2. The monoisotopic (exact) mass is 237 g/mol. The first-order chi connectivity index (χ1) is 7.79. The third-order valence-corrected chi connectivity index (χ3v) is 3.11. The van der Waals surface area contributed by atoms with Crippen LogP contribution in [-0.2, 0) is 6.54 Å². The van der Waals surface area contributed by atoms with Gasteiger partial charge in [0, 0.05) is 4.88 Å². The largest absolute Gasteiger partial charge is 0.419 e. The zero-order valence-electron chi connectivity index (χ0n) is 9.49. The summed E-state index contributed by atoms with van der Waals surface area (Å²) in [4.78, 5) is 2.28. The zero-order valence-corrected chi connectivity index (χ0v) is 10.3. The molecule has 0 aliphatic rings. The molecule has 2 aromatic heterocycles. The van der Waals surface area contributed by atoms with Gasteiger partial charge in [0.25, 0.3) is 5.89 Å². The lowest BCUT2D eigenvalue weighted by molar-refractivity contribution is 0.478. The summed E-state index contributed by atoms with van der Waals surface area (Å²) in [6.07, 6.45) is 1.10. The Bertz CT molecular complexity index is 450. The third kappa shape index (κ3) is 2.68. The van der Waals surface area contributed by atoms with Crippen LogP contribution in [0.4, 0.5) is 0 Å². The maximum atomic E-state index is 5.56. The molecule has 0 bridgehead atoms. The molecule has 0 amide bonds. The van der Waals surface area contributed by atoms with Crippen molar-refractivity contribution in [2.45, 2.75) is 26.8 Å². The van der Waals surface area contributed by atoms with E-state index >= 15 is 0 Å². The van der Waals surface area contributed by atoms with E-state index in [1.807, 2.05) is 6.07 Å². The van der Waals surface area contributed by atoms with E-state index in [4.69, 9.17) is 4.42 Å². The lowest BCUT2D eigenvalue weighted by atomic mass is 10.4. The molecule has 0 unspecified atom stereocenters. The summed E-state index contributed by atoms with van der Waals surface area (Å²) in [5, 5.41) is 11.3. The van der Waals surface area contributed by atoms with Crippen molar-refractivity contribution in [3.8, 4) is 10.8 Å². The van der Waals surface area contributed by atoms with Gasteiger partial charge in [0.05, 0.1) is 11.4 Å². The number of rotatable bonds is 5. The van der Waals surface area contributed by atoms with E-state index < -0.39 is 0 Å². The smallest absolute Gasteiger partial charge is 0.257 e. The molecule has 0 atom stereocenters. The molecule has 0 aliphatic carbocycles. The third-order valence-electron chi connectivity index (χ3n) is 2.12. The molecule has 2 rings (SSSR count). The predicted octanol–water partition coefficient (Wildman–Crippen LogP) is 2.61. The van der Waals surface area contributed by atoms with E-state index in [1.165, 1.54) is 4.88 Å². The van der Waals surface area contributed by atoms with E-state index in [-0.39, 0.29) is 0 Å². The molecule has 1 N–H and O–H groups in total. The molecule has 16 heavy (non-hydrogen) atoms. The molecule has 5 heteroatoms. The summed E-state index contributed by atoms with van der Waals surface area (Å²) >= 11 is 1.67. The Labute approximate surface area is 98.7 Å². The van der Waals surface area contributed by atoms with E-state index in [0.29, 0.717) is 18.3 Å². The molecule has 86 valence electrons. The summed E-state index contributed by atoms with van der Waals surface area (Å²) < 4.78 is 5.56. The molecule has 0 saturated carbocycles. The Morgan fingerprint density at radius 2 is 2.25 bits per heavy atom. The summed E-state index contributed by atoms with van der Waals surface area (Å²) in [6, 6.07) is 4.07. The molecular formula is C11H15N3OS. The van der Waals surface area contributed by atoms with Crippen molar-refractivity contribution in [2.75, 3.05) is 6.54 Å². The van der Waals surface area contributed by atoms with Gasteiger partial charge >= 0.3 is 0 Å². The molecule has 2 heterocycles. The van der Waals surface area contributed by atoms with Crippen LogP contribution in [0.5, 0.6) is 0 Å². The predicted molar refractivity (Wildman–Crippen MR) is 64.3 cm³/mol. The first-order valence-corrected chi connectivity index (χ1v) is 6.21.